The lowest BCUT2D eigenvalue weighted by Gasteiger charge is -2.41. The third-order valence-corrected chi connectivity index (χ3v) is 17.1. The normalized spacial score (nSPS) is 26.6. The Balaban J connectivity index is 2.29. The van der Waals surface area contributed by atoms with Crippen LogP contribution in [-0.2, 0) is 68.7 Å². The molecule has 1 aromatic rings. The molecule has 2 heterocycles. The topological polar surface area (TPSA) is 303 Å². The van der Waals surface area contributed by atoms with E-state index in [0.717, 1.165) is 14.7 Å². The number of fused-ring (bicyclic) bond motifs is 1. The van der Waals surface area contributed by atoms with Crippen LogP contribution >= 0.6 is 0 Å². The van der Waals surface area contributed by atoms with Gasteiger partial charge in [0.25, 0.3) is 0 Å². The van der Waals surface area contributed by atoms with Crippen LogP contribution in [0.25, 0.3) is 0 Å². The van der Waals surface area contributed by atoms with Gasteiger partial charge >= 0.3 is 5.97 Å². The Morgan fingerprint density at radius 3 is 1.61 bits per heavy atom. The van der Waals surface area contributed by atoms with Gasteiger partial charge in [-0.25, -0.2) is 0 Å². The molecule has 500 valence electrons. The minimum Gasteiger partial charge on any atom is -0.497 e. The first-order valence-corrected chi connectivity index (χ1v) is 31.3. The smallest absolute Gasteiger partial charge is 0.308 e. The quantitative estimate of drug-likeness (QED) is 0.188. The highest BCUT2D eigenvalue weighted by atomic mass is 16.6. The van der Waals surface area contributed by atoms with Gasteiger partial charge in [-0.15, -0.1) is 0 Å². The second kappa shape index (κ2) is 33.5. The number of methoxy groups -OCH3 is 1. The maximum absolute atomic E-state index is 15.3. The third-order valence-electron chi connectivity index (χ3n) is 17.1. The molecule has 89 heavy (non-hydrogen) atoms. The van der Waals surface area contributed by atoms with Gasteiger partial charge in [0.15, 0.2) is 0 Å². The molecular weight excluding hydrogens is 1150 g/mol. The van der Waals surface area contributed by atoms with Gasteiger partial charge in [-0.1, -0.05) is 94.2 Å². The number of likely N-dealkylation sites (N-methyl/N-ethyl adjacent to an activating group) is 5. The van der Waals surface area contributed by atoms with Crippen molar-refractivity contribution in [1.29, 1.82) is 0 Å². The summed E-state index contributed by atoms with van der Waals surface area (Å²) in [7, 11) is 8.42. The Labute approximate surface area is 527 Å². The molecule has 12 atom stereocenters. The molecular formula is C64H105N11O14. The summed E-state index contributed by atoms with van der Waals surface area (Å²) in [6.45, 7) is 24.6. The first-order valence-electron chi connectivity index (χ1n) is 31.3. The van der Waals surface area contributed by atoms with Crippen molar-refractivity contribution in [2.24, 2.45) is 29.6 Å². The van der Waals surface area contributed by atoms with Crippen molar-refractivity contribution in [1.82, 2.24) is 56.0 Å². The number of rotatable bonds is 12. The predicted molar refractivity (Wildman–Crippen MR) is 335 cm³/mol. The van der Waals surface area contributed by atoms with E-state index in [-0.39, 0.29) is 19.4 Å². The Morgan fingerprint density at radius 2 is 1.08 bits per heavy atom. The van der Waals surface area contributed by atoms with Crippen LogP contribution in [0.2, 0.25) is 0 Å². The number of hydrogen-bond acceptors (Lipinski definition) is 14. The minimum absolute atomic E-state index is 0.0767. The average molecular weight is 1250 g/mol. The van der Waals surface area contributed by atoms with Crippen molar-refractivity contribution in [2.75, 3.05) is 55.4 Å². The molecule has 2 aliphatic heterocycles. The van der Waals surface area contributed by atoms with E-state index in [4.69, 9.17) is 9.47 Å². The zero-order valence-electron chi connectivity index (χ0n) is 56.7. The number of amides is 11. The Hall–Kier alpha value is -7.34. The van der Waals surface area contributed by atoms with Crippen LogP contribution in [0.5, 0.6) is 5.75 Å². The SMILES string of the molecule is CCC(C)[C@H]1C(=O)N(C)[C@@H](C(C)CC)C(=O)NCC(=O)N(C)[C@@H](C(C)C)C(=O)N[C@@H](Cc2ccc(OC)cc2)C(=O)N[C@@H](C)C(=O)N[C@@H](C)C(=O)N2CCCCC2C(=O)N(C)[C@@H](C(C)C)C(=O)N[C@@H](C(C)C)C(=O)N(C)C(CC(=O)OC(C)(C)C)C(=O)N1C. The molecule has 2 fully saturated rings. The van der Waals surface area contributed by atoms with Crippen molar-refractivity contribution in [3.05, 3.63) is 29.8 Å². The standard InChI is InChI=1S/C64H105N11O14/c1-22-38(9)52-56(80)65-34-47(76)71(17)50(36(5)6)57(81)68-44(32-42-27-29-43(88-21)30-28-42)55(79)66-40(11)54(78)67-41(12)59(83)75-31-25-24-26-45(75)60(84)72(18)51(37(7)8)58(82)69-49(35(3)4)62(86)70(16)46(33-48(77)89-64(13,14)15)61(85)74(20)53(39(10)23-2)63(87)73(52)19/h27-30,35-41,44-46,49-53H,22-26,31-34H2,1-21H3,(H,65,80)(H,66,79)(H,67,78)(H,68,81)(H,69,82)/t38?,39?,40-,41-,44-,45?,46?,49-,50-,51-,52-,53-/m0/s1. The predicted octanol–water partition coefficient (Wildman–Crippen LogP) is 2.65. The number of nitrogens with zero attached hydrogens (tertiary/aromatic N) is 6. The number of ether oxygens (including phenoxy) is 2. The summed E-state index contributed by atoms with van der Waals surface area (Å²) < 4.78 is 11.0. The zero-order chi connectivity index (χ0) is 67.8. The maximum atomic E-state index is 15.3. The van der Waals surface area contributed by atoms with Gasteiger partial charge in [0.2, 0.25) is 65.0 Å². The molecule has 5 N–H and O–H groups in total. The zero-order valence-corrected chi connectivity index (χ0v) is 56.7. The highest BCUT2D eigenvalue weighted by Gasteiger charge is 2.46. The van der Waals surface area contributed by atoms with E-state index < -0.39 is 180 Å². The fraction of sp³-hybridized carbons (Fsp3) is 0.719. The van der Waals surface area contributed by atoms with Gasteiger partial charge in [-0.05, 0) is 101 Å². The molecule has 25 heteroatoms. The summed E-state index contributed by atoms with van der Waals surface area (Å²) in [4.78, 5) is 182. The van der Waals surface area contributed by atoms with Gasteiger partial charge < -0.3 is 65.5 Å². The lowest BCUT2D eigenvalue weighted by molar-refractivity contribution is -0.162. The number of piperidine rings is 1. The minimum atomic E-state index is -1.61. The molecule has 2 aliphatic rings. The number of carbonyl (C=O) groups is 12. The number of hydrogen-bond donors (Lipinski definition) is 5. The summed E-state index contributed by atoms with van der Waals surface area (Å²) in [6.07, 6.45) is 1.31. The molecule has 4 unspecified atom stereocenters. The van der Waals surface area contributed by atoms with Crippen LogP contribution in [0.3, 0.4) is 0 Å². The molecule has 0 saturated carbocycles. The van der Waals surface area contributed by atoms with Crippen LogP contribution < -0.4 is 31.3 Å². The fourth-order valence-electron chi connectivity index (χ4n) is 11.5. The maximum Gasteiger partial charge on any atom is 0.308 e. The molecule has 25 nitrogen and oxygen atoms in total. The van der Waals surface area contributed by atoms with Gasteiger partial charge in [0.1, 0.15) is 71.8 Å². The van der Waals surface area contributed by atoms with Crippen molar-refractivity contribution in [3.63, 3.8) is 0 Å². The number of esters is 1. The van der Waals surface area contributed by atoms with Gasteiger partial charge in [0, 0.05) is 48.2 Å². The van der Waals surface area contributed by atoms with Gasteiger partial charge in [0.05, 0.1) is 20.1 Å². The molecule has 0 radical (unpaired) electrons. The van der Waals surface area contributed by atoms with Gasteiger partial charge in [-0.3, -0.25) is 57.5 Å². The first kappa shape index (κ1) is 75.9. The molecule has 2 saturated heterocycles. The fourth-order valence-corrected chi connectivity index (χ4v) is 11.5. The molecule has 0 spiro atoms. The van der Waals surface area contributed by atoms with E-state index in [9.17, 15) is 43.2 Å². The molecule has 1 aromatic carbocycles. The van der Waals surface area contributed by atoms with E-state index in [1.165, 1.54) is 70.9 Å². The second-order valence-corrected chi connectivity index (χ2v) is 26.2. The lowest BCUT2D eigenvalue weighted by atomic mass is 9.92. The molecule has 11 amide bonds. The van der Waals surface area contributed by atoms with Crippen LogP contribution in [0, 0.1) is 29.6 Å². The van der Waals surface area contributed by atoms with Crippen molar-refractivity contribution < 1.29 is 67.0 Å². The number of nitrogens with one attached hydrogen (secondary N) is 5. The van der Waals surface area contributed by atoms with Crippen LogP contribution in [0.15, 0.2) is 24.3 Å². The van der Waals surface area contributed by atoms with E-state index in [0.29, 0.717) is 37.0 Å². The van der Waals surface area contributed by atoms with E-state index in [1.807, 2.05) is 13.8 Å². The second-order valence-electron chi connectivity index (χ2n) is 26.2. The van der Waals surface area contributed by atoms with Crippen molar-refractivity contribution in [3.8, 4) is 5.75 Å². The highest BCUT2D eigenvalue weighted by molar-refractivity contribution is 6.00. The molecule has 3 rings (SSSR count). The Kier molecular flexibility index (Phi) is 28.5. The van der Waals surface area contributed by atoms with Crippen molar-refractivity contribution in [2.45, 2.75) is 215 Å². The van der Waals surface area contributed by atoms with Crippen LogP contribution in [0.1, 0.15) is 148 Å². The largest absolute Gasteiger partial charge is 0.497 e. The Morgan fingerprint density at radius 1 is 0.562 bits per heavy atom. The molecule has 0 aromatic heterocycles. The molecule has 0 aliphatic carbocycles. The van der Waals surface area contributed by atoms with Crippen molar-refractivity contribution >= 4 is 70.9 Å². The summed E-state index contributed by atoms with van der Waals surface area (Å²) >= 11 is 0. The van der Waals surface area contributed by atoms with Gasteiger partial charge in [-0.2, -0.15) is 0 Å². The Bertz CT molecular complexity index is 2680. The monoisotopic (exact) mass is 1250 g/mol. The third kappa shape index (κ3) is 20.1. The van der Waals surface area contributed by atoms with E-state index in [1.54, 1.807) is 100 Å². The van der Waals surface area contributed by atoms with Crippen LogP contribution in [-0.4, -0.2) is 222 Å². The average Bonchev–Trinajstić information content (AvgIpc) is 1.82. The van der Waals surface area contributed by atoms with E-state index in [2.05, 4.69) is 26.6 Å². The van der Waals surface area contributed by atoms with E-state index >= 15 is 14.4 Å². The van der Waals surface area contributed by atoms with Crippen LogP contribution in [0.4, 0.5) is 0 Å². The molecule has 0 bridgehead atoms. The lowest BCUT2D eigenvalue weighted by Crippen LogP contribution is -2.63. The summed E-state index contributed by atoms with van der Waals surface area (Å²) in [5.74, 6) is -11.0. The first-order chi connectivity index (χ1) is 41.4. The summed E-state index contributed by atoms with van der Waals surface area (Å²) in [5, 5.41) is 13.7. The number of benzene rings is 1. The highest BCUT2D eigenvalue weighted by Crippen LogP contribution is 2.27. The summed E-state index contributed by atoms with van der Waals surface area (Å²) in [6, 6.07) is -5.99. The summed E-state index contributed by atoms with van der Waals surface area (Å²) in [5.41, 5.74) is -0.413. The number of carbonyl (C=O) groups excluding carboxylic acids is 12.